The van der Waals surface area contributed by atoms with Crippen molar-refractivity contribution in [3.63, 3.8) is 0 Å². The van der Waals surface area contributed by atoms with Crippen LogP contribution in [0.2, 0.25) is 0 Å². The Morgan fingerprint density at radius 2 is 2.03 bits per heavy atom. The van der Waals surface area contributed by atoms with Crippen molar-refractivity contribution in [3.8, 4) is 17.1 Å². The van der Waals surface area contributed by atoms with Gasteiger partial charge in [0.1, 0.15) is 11.3 Å². The van der Waals surface area contributed by atoms with Gasteiger partial charge >= 0.3 is 0 Å². The number of aromatic nitrogens is 4. The Balaban J connectivity index is 1.35. The van der Waals surface area contributed by atoms with Gasteiger partial charge in [0.15, 0.2) is 5.65 Å². The first-order valence-electron chi connectivity index (χ1n) is 12.8. The van der Waals surface area contributed by atoms with Crippen LogP contribution in [0, 0.1) is 13.8 Å². The second-order valence-electron chi connectivity index (χ2n) is 10.4. The summed E-state index contributed by atoms with van der Waals surface area (Å²) in [6.45, 7) is 9.50. The minimum absolute atomic E-state index is 0.119. The summed E-state index contributed by atoms with van der Waals surface area (Å²) in [5, 5.41) is 3.63. The molecule has 0 radical (unpaired) electrons. The maximum Gasteiger partial charge on any atom is 0.219 e. The van der Waals surface area contributed by atoms with Crippen molar-refractivity contribution >= 4 is 38.7 Å². The van der Waals surface area contributed by atoms with E-state index < -0.39 is 0 Å². The van der Waals surface area contributed by atoms with E-state index in [1.165, 1.54) is 22.5 Å². The molecular weight excluding hydrogens is 530 g/mol. The highest BCUT2D eigenvalue weighted by atomic mass is 79.9. The van der Waals surface area contributed by atoms with Gasteiger partial charge in [-0.05, 0) is 79.0 Å². The zero-order chi connectivity index (χ0) is 25.8. The molecule has 8 nitrogen and oxygen atoms in total. The predicted octanol–water partition coefficient (Wildman–Crippen LogP) is 4.82. The largest absolute Gasteiger partial charge is 0.378 e. The number of hydrogen-bond acceptors (Lipinski definition) is 5. The number of imidazole rings is 1. The predicted molar refractivity (Wildman–Crippen MR) is 150 cm³/mol. The number of rotatable bonds is 4. The van der Waals surface area contributed by atoms with Crippen molar-refractivity contribution < 1.29 is 4.79 Å². The minimum atomic E-state index is 0.119. The van der Waals surface area contributed by atoms with Crippen LogP contribution in [0.5, 0.6) is 0 Å². The van der Waals surface area contributed by atoms with Gasteiger partial charge in [0.05, 0.1) is 10.2 Å². The Labute approximate surface area is 225 Å². The lowest BCUT2D eigenvalue weighted by Gasteiger charge is -2.25. The normalized spacial score (nSPS) is 18.0. The van der Waals surface area contributed by atoms with Gasteiger partial charge in [0.2, 0.25) is 5.91 Å². The molecule has 4 aromatic rings. The first-order chi connectivity index (χ1) is 17.8. The topological polar surface area (TPSA) is 82.1 Å². The zero-order valence-electron chi connectivity index (χ0n) is 21.7. The number of fused-ring (bicyclic) bond motifs is 2. The van der Waals surface area contributed by atoms with Gasteiger partial charge in [0, 0.05) is 68.0 Å². The molecule has 0 saturated carbocycles. The number of halogens is 1. The Kier molecular flexibility index (Phi) is 6.07. The summed E-state index contributed by atoms with van der Waals surface area (Å²) in [5.41, 5.74) is 9.89. The van der Waals surface area contributed by atoms with Crippen molar-refractivity contribution in [1.29, 1.82) is 0 Å². The Bertz CT molecular complexity index is 1520. The second-order valence-corrected chi connectivity index (χ2v) is 11.3. The highest BCUT2D eigenvalue weighted by Crippen LogP contribution is 2.35. The van der Waals surface area contributed by atoms with E-state index in [1.54, 1.807) is 13.1 Å². The van der Waals surface area contributed by atoms with Crippen LogP contribution in [0.3, 0.4) is 0 Å². The molecule has 0 unspecified atom stereocenters. The summed E-state index contributed by atoms with van der Waals surface area (Å²) in [6.07, 6.45) is 3.81. The third-order valence-electron chi connectivity index (χ3n) is 7.79. The molecule has 3 aromatic heterocycles. The number of aromatic amines is 1. The lowest BCUT2D eigenvalue weighted by Crippen LogP contribution is -2.29. The maximum absolute atomic E-state index is 11.8. The molecule has 2 aliphatic heterocycles. The van der Waals surface area contributed by atoms with Gasteiger partial charge in [-0.15, -0.1) is 0 Å². The molecule has 1 saturated heterocycles. The van der Waals surface area contributed by atoms with Crippen molar-refractivity contribution in [1.82, 2.24) is 29.3 Å². The fourth-order valence-corrected chi connectivity index (χ4v) is 6.21. The van der Waals surface area contributed by atoms with Crippen LogP contribution in [-0.4, -0.2) is 67.9 Å². The molecule has 2 N–H and O–H groups in total. The van der Waals surface area contributed by atoms with Crippen LogP contribution in [0.25, 0.3) is 28.2 Å². The van der Waals surface area contributed by atoms with Crippen LogP contribution in [0.1, 0.15) is 35.9 Å². The molecule has 0 bridgehead atoms. The zero-order valence-corrected chi connectivity index (χ0v) is 23.3. The van der Waals surface area contributed by atoms with Crippen molar-refractivity contribution in [3.05, 3.63) is 57.4 Å². The number of amides is 1. The molecule has 1 atom stereocenters. The fourth-order valence-electron chi connectivity index (χ4n) is 5.79. The van der Waals surface area contributed by atoms with Crippen LogP contribution in [-0.2, 0) is 17.8 Å². The number of pyridine rings is 1. The average Bonchev–Trinajstić information content (AvgIpc) is 3.58. The number of carbonyl (C=O) groups is 1. The number of benzene rings is 1. The van der Waals surface area contributed by atoms with Gasteiger partial charge < -0.3 is 24.7 Å². The molecule has 1 aromatic carbocycles. The number of nitrogens with one attached hydrogen (secondary N) is 2. The first kappa shape index (κ1) is 24.2. The van der Waals surface area contributed by atoms with E-state index in [0.717, 1.165) is 65.2 Å². The van der Waals surface area contributed by atoms with E-state index in [2.05, 4.69) is 85.8 Å². The SMILES string of the molecule is CC(=O)N1CC[C@H](Nc2c(Br)cnc3nc(-c4cc(C)n(-c5ccc6c(c5)CN(C)CC6)c4C)[nH]c23)C1. The van der Waals surface area contributed by atoms with Gasteiger partial charge in [0.25, 0.3) is 0 Å². The number of likely N-dealkylation sites (N-methyl/N-ethyl adjacent to an activating group) is 1. The minimum Gasteiger partial charge on any atom is -0.378 e. The van der Waals surface area contributed by atoms with Crippen LogP contribution in [0.4, 0.5) is 5.69 Å². The maximum atomic E-state index is 11.8. The number of H-pyrrole nitrogens is 1. The van der Waals surface area contributed by atoms with Crippen LogP contribution >= 0.6 is 15.9 Å². The summed E-state index contributed by atoms with van der Waals surface area (Å²) in [5.74, 6) is 0.922. The van der Waals surface area contributed by atoms with Gasteiger partial charge in [-0.1, -0.05) is 6.07 Å². The third kappa shape index (κ3) is 4.34. The molecule has 5 heterocycles. The molecule has 192 valence electrons. The van der Waals surface area contributed by atoms with Crippen molar-refractivity contribution in [2.75, 3.05) is 32.0 Å². The monoisotopic (exact) mass is 561 g/mol. The number of anilines is 1. The number of nitrogens with zero attached hydrogens (tertiary/aromatic N) is 5. The molecule has 1 fully saturated rings. The molecular formula is C28H32BrN7O. The molecule has 9 heteroatoms. The standard InChI is InChI=1S/C28H32BrN7O/c1-16-11-23(17(2)36(16)22-6-5-19-7-9-34(4)14-20(19)12-22)27-32-26-25(24(29)13-30-28(26)33-27)31-21-8-10-35(15-21)18(3)37/h5-6,11-13,21H,7-10,14-15H2,1-4H3,(H2,30,31,32,33)/t21-/m0/s1. The van der Waals surface area contributed by atoms with E-state index >= 15 is 0 Å². The average molecular weight is 563 g/mol. The Hall–Kier alpha value is -3.17. The summed E-state index contributed by atoms with van der Waals surface area (Å²) in [4.78, 5) is 29.1. The summed E-state index contributed by atoms with van der Waals surface area (Å²) >= 11 is 3.67. The smallest absolute Gasteiger partial charge is 0.219 e. The van der Waals surface area contributed by atoms with Gasteiger partial charge in [-0.2, -0.15) is 0 Å². The van der Waals surface area contributed by atoms with E-state index in [4.69, 9.17) is 4.98 Å². The van der Waals surface area contributed by atoms with Gasteiger partial charge in [-0.3, -0.25) is 4.79 Å². The molecule has 6 rings (SSSR count). The van der Waals surface area contributed by atoms with E-state index in [9.17, 15) is 4.79 Å². The second kappa shape index (κ2) is 9.29. The number of aryl methyl sites for hydroxylation is 1. The highest BCUT2D eigenvalue weighted by molar-refractivity contribution is 9.10. The van der Waals surface area contributed by atoms with E-state index in [0.29, 0.717) is 12.2 Å². The number of likely N-dealkylation sites (tertiary alicyclic amines) is 1. The van der Waals surface area contributed by atoms with E-state index in [1.807, 2.05) is 4.90 Å². The fraction of sp³-hybridized carbons (Fsp3) is 0.393. The highest BCUT2D eigenvalue weighted by Gasteiger charge is 2.26. The van der Waals surface area contributed by atoms with Crippen LogP contribution in [0.15, 0.2) is 34.9 Å². The van der Waals surface area contributed by atoms with Crippen molar-refractivity contribution in [2.45, 2.75) is 46.2 Å². The number of carbonyl (C=O) groups excluding carboxylic acids is 1. The molecule has 0 spiro atoms. The summed E-state index contributed by atoms with van der Waals surface area (Å²) < 4.78 is 3.19. The molecule has 2 aliphatic rings. The summed E-state index contributed by atoms with van der Waals surface area (Å²) in [7, 11) is 2.18. The lowest BCUT2D eigenvalue weighted by molar-refractivity contribution is -0.127. The van der Waals surface area contributed by atoms with E-state index in [-0.39, 0.29) is 11.9 Å². The molecule has 37 heavy (non-hydrogen) atoms. The first-order valence-corrected chi connectivity index (χ1v) is 13.6. The third-order valence-corrected chi connectivity index (χ3v) is 8.39. The Morgan fingerprint density at radius 1 is 1.19 bits per heavy atom. The van der Waals surface area contributed by atoms with Gasteiger partial charge in [-0.25, -0.2) is 9.97 Å². The summed E-state index contributed by atoms with van der Waals surface area (Å²) in [6, 6.07) is 9.24. The van der Waals surface area contributed by atoms with Crippen molar-refractivity contribution in [2.24, 2.45) is 0 Å². The lowest BCUT2D eigenvalue weighted by atomic mass is 9.99. The quantitative estimate of drug-likeness (QED) is 0.373. The Morgan fingerprint density at radius 3 is 2.81 bits per heavy atom. The van der Waals surface area contributed by atoms with Crippen LogP contribution < -0.4 is 5.32 Å². The molecule has 1 amide bonds. The molecule has 0 aliphatic carbocycles. The number of hydrogen-bond donors (Lipinski definition) is 2.